The third-order valence-electron chi connectivity index (χ3n) is 2.63. The minimum Gasteiger partial charge on any atom is -0.483 e. The number of amides is 1. The lowest BCUT2D eigenvalue weighted by molar-refractivity contribution is -0.118. The lowest BCUT2D eigenvalue weighted by atomic mass is 10.3. The van der Waals surface area contributed by atoms with Crippen molar-refractivity contribution in [3.63, 3.8) is 0 Å². The molecule has 0 aliphatic heterocycles. The lowest BCUT2D eigenvalue weighted by Gasteiger charge is -2.09. The smallest absolute Gasteiger partial charge is 0.262 e. The van der Waals surface area contributed by atoms with Crippen molar-refractivity contribution in [1.29, 1.82) is 0 Å². The summed E-state index contributed by atoms with van der Waals surface area (Å²) in [7, 11) is 0. The van der Waals surface area contributed by atoms with Crippen LogP contribution < -0.4 is 10.1 Å². The Kier molecular flexibility index (Phi) is 5.64. The van der Waals surface area contributed by atoms with Crippen molar-refractivity contribution in [1.82, 2.24) is 0 Å². The maximum Gasteiger partial charge on any atom is 0.262 e. The molecule has 0 unspecified atom stereocenters. The highest BCUT2D eigenvalue weighted by molar-refractivity contribution is 9.10. The first-order valence-corrected chi connectivity index (χ1v) is 8.12. The van der Waals surface area contributed by atoms with Gasteiger partial charge >= 0.3 is 0 Å². The number of benzene rings is 2. The summed E-state index contributed by atoms with van der Waals surface area (Å²) >= 11 is 4.81. The van der Waals surface area contributed by atoms with Gasteiger partial charge in [0, 0.05) is 10.6 Å². The molecule has 1 N–H and O–H groups in total. The van der Waals surface area contributed by atoms with Gasteiger partial charge in [0.25, 0.3) is 5.91 Å². The quantitative estimate of drug-likeness (QED) is 0.797. The number of nitrogens with one attached hydrogen (secondary N) is 1. The van der Waals surface area contributed by atoms with Crippen molar-refractivity contribution in [2.24, 2.45) is 0 Å². The number of rotatable bonds is 5. The van der Waals surface area contributed by atoms with Gasteiger partial charge in [-0.15, -0.1) is 11.8 Å². The van der Waals surface area contributed by atoms with E-state index >= 15 is 0 Å². The Morgan fingerprint density at radius 3 is 2.62 bits per heavy atom. The zero-order valence-corrected chi connectivity index (χ0v) is 13.6. The van der Waals surface area contributed by atoms with Crippen LogP contribution in [0.5, 0.6) is 5.75 Å². The van der Waals surface area contributed by atoms with E-state index in [0.717, 1.165) is 4.90 Å². The summed E-state index contributed by atoms with van der Waals surface area (Å²) in [6.07, 6.45) is 1.99. The van der Waals surface area contributed by atoms with Crippen LogP contribution in [0, 0.1) is 5.82 Å². The van der Waals surface area contributed by atoms with Gasteiger partial charge in [0.05, 0.1) is 4.47 Å². The second kappa shape index (κ2) is 7.47. The fourth-order valence-corrected chi connectivity index (χ4v) is 2.48. The van der Waals surface area contributed by atoms with Crippen LogP contribution in [0.4, 0.5) is 10.1 Å². The van der Waals surface area contributed by atoms with Crippen molar-refractivity contribution < 1.29 is 13.9 Å². The molecule has 2 rings (SSSR count). The van der Waals surface area contributed by atoms with Crippen LogP contribution in [0.25, 0.3) is 0 Å². The standard InChI is InChI=1S/C15H13BrFNO2S/c1-21-12-5-3-11(4-6-12)18-15(19)9-20-14-7-2-10(17)8-13(14)16/h2-8H,9H2,1H3,(H,18,19). The van der Waals surface area contributed by atoms with E-state index in [-0.39, 0.29) is 18.3 Å². The summed E-state index contributed by atoms with van der Waals surface area (Å²) in [5.74, 6) is -0.222. The molecule has 0 radical (unpaired) electrons. The predicted molar refractivity (Wildman–Crippen MR) is 86.4 cm³/mol. The average molecular weight is 370 g/mol. The molecule has 6 heteroatoms. The summed E-state index contributed by atoms with van der Waals surface area (Å²) in [4.78, 5) is 12.9. The number of ether oxygens (including phenoxy) is 1. The monoisotopic (exact) mass is 369 g/mol. The predicted octanol–water partition coefficient (Wildman–Crippen LogP) is 4.33. The third kappa shape index (κ3) is 4.75. The van der Waals surface area contributed by atoms with Gasteiger partial charge in [0.1, 0.15) is 11.6 Å². The molecule has 0 spiro atoms. The van der Waals surface area contributed by atoms with Gasteiger partial charge in [0.15, 0.2) is 6.61 Å². The summed E-state index contributed by atoms with van der Waals surface area (Å²) in [5.41, 5.74) is 0.708. The molecule has 0 saturated heterocycles. The van der Waals surface area contributed by atoms with Crippen molar-refractivity contribution in [3.05, 3.63) is 52.8 Å². The Labute approximate surface area is 135 Å². The maximum atomic E-state index is 12.9. The van der Waals surface area contributed by atoms with Crippen molar-refractivity contribution in [3.8, 4) is 5.75 Å². The van der Waals surface area contributed by atoms with E-state index in [9.17, 15) is 9.18 Å². The van der Waals surface area contributed by atoms with E-state index in [4.69, 9.17) is 4.74 Å². The summed E-state index contributed by atoms with van der Waals surface area (Å²) in [6.45, 7) is -0.144. The fraction of sp³-hybridized carbons (Fsp3) is 0.133. The average Bonchev–Trinajstić information content (AvgIpc) is 2.47. The zero-order chi connectivity index (χ0) is 15.2. The van der Waals surface area contributed by atoms with Gasteiger partial charge in [-0.25, -0.2) is 4.39 Å². The minimum absolute atomic E-state index is 0.144. The van der Waals surface area contributed by atoms with Crippen LogP contribution >= 0.6 is 27.7 Å². The van der Waals surface area contributed by atoms with Crippen LogP contribution in [0.2, 0.25) is 0 Å². The number of halogens is 2. The number of thioether (sulfide) groups is 1. The number of carbonyl (C=O) groups is 1. The van der Waals surface area contributed by atoms with Gasteiger partial charge < -0.3 is 10.1 Å². The van der Waals surface area contributed by atoms with Gasteiger partial charge in [-0.3, -0.25) is 4.79 Å². The topological polar surface area (TPSA) is 38.3 Å². The van der Waals surface area contributed by atoms with E-state index < -0.39 is 0 Å². The largest absolute Gasteiger partial charge is 0.483 e. The summed E-state index contributed by atoms with van der Waals surface area (Å²) in [6, 6.07) is 11.6. The molecular weight excluding hydrogens is 357 g/mol. The molecule has 0 fully saturated rings. The molecule has 1 amide bonds. The normalized spacial score (nSPS) is 10.2. The first kappa shape index (κ1) is 15.9. The first-order chi connectivity index (χ1) is 10.1. The molecular formula is C15H13BrFNO2S. The van der Waals surface area contributed by atoms with Crippen LogP contribution in [-0.2, 0) is 4.79 Å². The van der Waals surface area contributed by atoms with Crippen LogP contribution in [-0.4, -0.2) is 18.8 Å². The molecule has 2 aromatic rings. The molecule has 0 heterocycles. The second-order valence-electron chi connectivity index (χ2n) is 4.14. The SMILES string of the molecule is CSc1ccc(NC(=O)COc2ccc(F)cc2Br)cc1. The number of carbonyl (C=O) groups excluding carboxylic acids is 1. The number of hydrogen-bond donors (Lipinski definition) is 1. The number of hydrogen-bond acceptors (Lipinski definition) is 3. The minimum atomic E-state index is -0.368. The molecule has 0 aromatic heterocycles. The molecule has 0 atom stereocenters. The lowest BCUT2D eigenvalue weighted by Crippen LogP contribution is -2.20. The van der Waals surface area contributed by atoms with Gasteiger partial charge in [-0.1, -0.05) is 0 Å². The van der Waals surface area contributed by atoms with E-state index in [0.29, 0.717) is 15.9 Å². The Bertz CT molecular complexity index is 634. The highest BCUT2D eigenvalue weighted by Gasteiger charge is 2.07. The molecule has 0 aliphatic rings. The van der Waals surface area contributed by atoms with Crippen LogP contribution in [0.1, 0.15) is 0 Å². The van der Waals surface area contributed by atoms with Crippen molar-refractivity contribution >= 4 is 39.3 Å². The summed E-state index contributed by atoms with van der Waals surface area (Å²) < 4.78 is 18.7. The van der Waals surface area contributed by atoms with E-state index in [2.05, 4.69) is 21.2 Å². The Morgan fingerprint density at radius 2 is 2.00 bits per heavy atom. The third-order valence-corrected chi connectivity index (χ3v) is 3.99. The molecule has 0 aliphatic carbocycles. The second-order valence-corrected chi connectivity index (χ2v) is 5.87. The fourth-order valence-electron chi connectivity index (χ4n) is 1.61. The molecule has 2 aromatic carbocycles. The van der Waals surface area contributed by atoms with E-state index in [1.165, 1.54) is 18.2 Å². The van der Waals surface area contributed by atoms with Crippen molar-refractivity contribution in [2.45, 2.75) is 4.90 Å². The van der Waals surface area contributed by atoms with Crippen molar-refractivity contribution in [2.75, 3.05) is 18.2 Å². The number of anilines is 1. The van der Waals surface area contributed by atoms with Gasteiger partial charge in [-0.2, -0.15) is 0 Å². The molecule has 0 bridgehead atoms. The van der Waals surface area contributed by atoms with Crippen LogP contribution in [0.15, 0.2) is 51.8 Å². The first-order valence-electron chi connectivity index (χ1n) is 6.10. The highest BCUT2D eigenvalue weighted by Crippen LogP contribution is 2.25. The van der Waals surface area contributed by atoms with E-state index in [1.807, 2.05) is 30.5 Å². The molecule has 110 valence electrons. The highest BCUT2D eigenvalue weighted by atomic mass is 79.9. The Hall–Kier alpha value is -1.53. The maximum absolute atomic E-state index is 12.9. The summed E-state index contributed by atoms with van der Waals surface area (Å²) in [5, 5.41) is 2.73. The van der Waals surface area contributed by atoms with E-state index in [1.54, 1.807) is 11.8 Å². The Morgan fingerprint density at radius 1 is 1.29 bits per heavy atom. The van der Waals surface area contributed by atoms with Gasteiger partial charge in [-0.05, 0) is 64.7 Å². The van der Waals surface area contributed by atoms with Gasteiger partial charge in [0.2, 0.25) is 0 Å². The molecule has 21 heavy (non-hydrogen) atoms. The molecule has 3 nitrogen and oxygen atoms in total. The zero-order valence-electron chi connectivity index (χ0n) is 11.2. The van der Waals surface area contributed by atoms with Crippen LogP contribution in [0.3, 0.4) is 0 Å². The Balaban J connectivity index is 1.89. The molecule has 0 saturated carbocycles.